The summed E-state index contributed by atoms with van der Waals surface area (Å²) in [5.41, 5.74) is 14.1. The molecule has 1 saturated heterocycles. The Hall–Kier alpha value is -3.98. The lowest BCUT2D eigenvalue weighted by Gasteiger charge is -2.28. The minimum atomic E-state index is -4.30. The van der Waals surface area contributed by atoms with Crippen LogP contribution in [0.4, 0.5) is 5.95 Å². The van der Waals surface area contributed by atoms with E-state index in [2.05, 4.69) is 30.1 Å². The van der Waals surface area contributed by atoms with Gasteiger partial charge in [0.05, 0.1) is 26.1 Å². The Kier molecular flexibility index (Phi) is 9.77. The highest BCUT2D eigenvalue weighted by molar-refractivity contribution is 7.52. The van der Waals surface area contributed by atoms with Gasteiger partial charge in [0.25, 0.3) is 0 Å². The number of aromatic nitrogens is 4. The number of azide groups is 1. The van der Waals surface area contributed by atoms with Gasteiger partial charge in [0.2, 0.25) is 11.8 Å². The zero-order valence-electron chi connectivity index (χ0n) is 25.1. The SMILES string of the molecule is COc1nc(N)nc2c1ncn2[C@@H]1O[C@H](COP(=O)(N[C@@H](C)C(=O)OC2CCCCC2)Oc2ccccc2)[C@@H](O)[C@@]1(C)N=[N+]=[N-]. The van der Waals surface area contributed by atoms with E-state index in [1.165, 1.54) is 31.9 Å². The number of carbonyl (C=O) groups excluding carboxylic acids is 1. The highest BCUT2D eigenvalue weighted by Crippen LogP contribution is 2.48. The van der Waals surface area contributed by atoms with Gasteiger partial charge in [-0.2, -0.15) is 15.1 Å². The highest BCUT2D eigenvalue weighted by Gasteiger charge is 2.55. The lowest BCUT2D eigenvalue weighted by Crippen LogP contribution is -2.43. The molecule has 0 radical (unpaired) electrons. The largest absolute Gasteiger partial charge is 0.479 e. The molecule has 0 amide bonds. The molecule has 1 aromatic carbocycles. The monoisotopic (exact) mass is 645 g/mol. The molecule has 3 heterocycles. The molecule has 45 heavy (non-hydrogen) atoms. The number of ether oxygens (including phenoxy) is 3. The molecule has 18 heteroatoms. The maximum Gasteiger partial charge on any atom is 0.459 e. The van der Waals surface area contributed by atoms with Gasteiger partial charge in [0, 0.05) is 4.91 Å². The molecule has 1 saturated carbocycles. The number of carbonyl (C=O) groups is 1. The summed E-state index contributed by atoms with van der Waals surface area (Å²) in [6.45, 7) is 2.48. The first-order chi connectivity index (χ1) is 21.6. The Labute approximate surface area is 258 Å². The molecule has 4 N–H and O–H groups in total. The van der Waals surface area contributed by atoms with Crippen LogP contribution in [0.5, 0.6) is 11.6 Å². The molecule has 1 aliphatic heterocycles. The predicted octanol–water partition coefficient (Wildman–Crippen LogP) is 3.80. The number of nitrogens with zero attached hydrogens (tertiary/aromatic N) is 7. The molecule has 3 aromatic rings. The van der Waals surface area contributed by atoms with Crippen molar-refractivity contribution in [3.05, 3.63) is 47.1 Å². The average molecular weight is 646 g/mol. The summed E-state index contributed by atoms with van der Waals surface area (Å²) in [4.78, 5) is 28.3. The van der Waals surface area contributed by atoms with Crippen molar-refractivity contribution >= 4 is 30.8 Å². The number of para-hydroxylation sites is 1. The van der Waals surface area contributed by atoms with Crippen LogP contribution < -0.4 is 20.1 Å². The van der Waals surface area contributed by atoms with Crippen molar-refractivity contribution < 1.29 is 37.7 Å². The maximum absolute atomic E-state index is 14.1. The fourth-order valence-electron chi connectivity index (χ4n) is 5.42. The second kappa shape index (κ2) is 13.6. The molecule has 2 fully saturated rings. The zero-order valence-corrected chi connectivity index (χ0v) is 25.9. The van der Waals surface area contributed by atoms with Crippen molar-refractivity contribution in [2.24, 2.45) is 5.11 Å². The summed E-state index contributed by atoms with van der Waals surface area (Å²) in [6, 6.07) is 7.20. The number of imidazole rings is 1. The third kappa shape index (κ3) is 6.98. The zero-order chi connectivity index (χ0) is 32.2. The van der Waals surface area contributed by atoms with Crippen LogP contribution in [-0.2, 0) is 23.4 Å². The smallest absolute Gasteiger partial charge is 0.459 e. The van der Waals surface area contributed by atoms with E-state index >= 15 is 0 Å². The van der Waals surface area contributed by atoms with Gasteiger partial charge >= 0.3 is 13.7 Å². The summed E-state index contributed by atoms with van der Waals surface area (Å²) >= 11 is 0. The molecule has 6 atom stereocenters. The van der Waals surface area contributed by atoms with Crippen molar-refractivity contribution in [3.8, 4) is 11.6 Å². The number of esters is 1. The number of nitrogen functional groups attached to an aromatic ring is 1. The van der Waals surface area contributed by atoms with Crippen LogP contribution in [-0.4, -0.2) is 74.2 Å². The van der Waals surface area contributed by atoms with Gasteiger partial charge in [-0.15, -0.1) is 0 Å². The first-order valence-corrected chi connectivity index (χ1v) is 16.0. The fraction of sp³-hybridized carbons (Fsp3) is 0.556. The third-order valence-electron chi connectivity index (χ3n) is 7.79. The minimum absolute atomic E-state index is 0.105. The highest BCUT2D eigenvalue weighted by atomic mass is 31.2. The molecule has 0 spiro atoms. The van der Waals surface area contributed by atoms with Crippen molar-refractivity contribution in [2.75, 3.05) is 19.5 Å². The normalized spacial score (nSPS) is 25.6. The summed E-state index contributed by atoms with van der Waals surface area (Å²) < 4.78 is 44.1. The number of nitrogens with two attached hydrogens (primary N) is 1. The summed E-state index contributed by atoms with van der Waals surface area (Å²) in [5.74, 6) is -0.381. The third-order valence-corrected chi connectivity index (χ3v) is 9.43. The lowest BCUT2D eigenvalue weighted by molar-refractivity contribution is -0.152. The molecule has 1 aliphatic carbocycles. The van der Waals surface area contributed by atoms with Crippen LogP contribution >= 0.6 is 7.75 Å². The van der Waals surface area contributed by atoms with Gasteiger partial charge in [-0.25, -0.2) is 9.55 Å². The number of hydrogen-bond donors (Lipinski definition) is 3. The van der Waals surface area contributed by atoms with E-state index in [-0.39, 0.29) is 34.8 Å². The minimum Gasteiger partial charge on any atom is -0.479 e. The number of fused-ring (bicyclic) bond motifs is 1. The lowest BCUT2D eigenvalue weighted by atomic mass is 9.93. The van der Waals surface area contributed by atoms with Crippen molar-refractivity contribution in [1.29, 1.82) is 0 Å². The maximum atomic E-state index is 14.1. The number of anilines is 1. The van der Waals surface area contributed by atoms with Gasteiger partial charge in [0.1, 0.15) is 29.5 Å². The number of methoxy groups -OCH3 is 1. The quantitative estimate of drug-likeness (QED) is 0.0837. The van der Waals surface area contributed by atoms with Crippen LogP contribution in [0.2, 0.25) is 0 Å². The topological polar surface area (TPSA) is 231 Å². The molecule has 2 aliphatic rings. The molecule has 2 aromatic heterocycles. The van der Waals surface area contributed by atoms with Gasteiger partial charge in [0.15, 0.2) is 17.4 Å². The van der Waals surface area contributed by atoms with Gasteiger partial charge in [-0.3, -0.25) is 13.9 Å². The summed E-state index contributed by atoms with van der Waals surface area (Å²) in [7, 11) is -2.90. The number of rotatable bonds is 12. The van der Waals surface area contributed by atoms with Crippen molar-refractivity contribution in [3.63, 3.8) is 0 Å². The van der Waals surface area contributed by atoms with Crippen LogP contribution in [0.3, 0.4) is 0 Å². The van der Waals surface area contributed by atoms with Crippen molar-refractivity contribution in [1.82, 2.24) is 24.6 Å². The molecule has 0 bridgehead atoms. The van der Waals surface area contributed by atoms with Gasteiger partial charge < -0.3 is 29.6 Å². The predicted molar refractivity (Wildman–Crippen MR) is 160 cm³/mol. The fourth-order valence-corrected chi connectivity index (χ4v) is 6.93. The van der Waals surface area contributed by atoms with Crippen LogP contribution in [0, 0.1) is 0 Å². The Morgan fingerprint density at radius 3 is 2.73 bits per heavy atom. The van der Waals surface area contributed by atoms with Crippen LogP contribution in [0.25, 0.3) is 21.6 Å². The van der Waals surface area contributed by atoms with Gasteiger partial charge in [-0.1, -0.05) is 29.7 Å². The average Bonchev–Trinajstić information content (AvgIpc) is 3.54. The first-order valence-electron chi connectivity index (χ1n) is 14.5. The number of nitrogens with one attached hydrogen (secondary N) is 1. The molecular weight excluding hydrogens is 609 g/mol. The first kappa shape index (κ1) is 32.4. The summed E-state index contributed by atoms with van der Waals surface area (Å²) in [5, 5.41) is 17.9. The van der Waals surface area contributed by atoms with E-state index < -0.39 is 50.3 Å². The van der Waals surface area contributed by atoms with E-state index in [1.807, 2.05) is 0 Å². The summed E-state index contributed by atoms with van der Waals surface area (Å²) in [6.07, 6.45) is 1.92. The number of aliphatic hydroxyl groups excluding tert-OH is 1. The number of hydrogen-bond acceptors (Lipinski definition) is 13. The van der Waals surface area contributed by atoms with E-state index in [0.717, 1.165) is 32.1 Å². The van der Waals surface area contributed by atoms with Gasteiger partial charge in [-0.05, 0) is 57.2 Å². The van der Waals surface area contributed by atoms with E-state index in [4.69, 9.17) is 29.0 Å². The Morgan fingerprint density at radius 2 is 2.04 bits per heavy atom. The Bertz CT molecular complexity index is 1600. The van der Waals surface area contributed by atoms with E-state index in [1.54, 1.807) is 30.3 Å². The molecule has 242 valence electrons. The second-order valence-electron chi connectivity index (χ2n) is 11.0. The van der Waals surface area contributed by atoms with E-state index in [9.17, 15) is 20.0 Å². The molecule has 1 unspecified atom stereocenters. The molecule has 5 rings (SSSR count). The second-order valence-corrected chi connectivity index (χ2v) is 12.7. The number of benzene rings is 1. The Balaban J connectivity index is 1.38. The van der Waals surface area contributed by atoms with Crippen molar-refractivity contribution in [2.45, 2.75) is 82.1 Å². The standard InChI is InChI=1S/C27H36N9O8P/c1-16(24(38)42-17-10-6-4-7-11-17)33-45(39,44-18-12-8-5-9-13-18)41-14-19-21(37)27(2,34-35-29)25(43-19)36-15-30-20-22(36)31-26(28)32-23(20)40-3/h5,8-9,12-13,15-17,19,21,25,37H,4,6-7,10-11,14H2,1-3H3,(H,33,39)(H2,28,31,32)/t16-,19+,21+,25+,27+,45?/m0/s1. The molecule has 17 nitrogen and oxygen atoms in total. The number of aliphatic hydroxyl groups is 1. The molecular formula is C27H36N9O8P. The van der Waals surface area contributed by atoms with E-state index in [0.29, 0.717) is 0 Å². The van der Waals surface area contributed by atoms with Crippen LogP contribution in [0.15, 0.2) is 41.8 Å². The van der Waals surface area contributed by atoms with Crippen LogP contribution in [0.1, 0.15) is 52.2 Å². The Morgan fingerprint density at radius 1 is 1.31 bits per heavy atom.